The molecular weight excluding hydrogens is 512 g/mol. The van der Waals surface area contributed by atoms with E-state index in [2.05, 4.69) is 47.1 Å². The topological polar surface area (TPSA) is 42.0 Å². The van der Waals surface area contributed by atoms with Crippen LogP contribution in [0.25, 0.3) is 6.08 Å². The Morgan fingerprint density at radius 1 is 1.09 bits per heavy atom. The fraction of sp³-hybridized carbons (Fsp3) is 0.407. The summed E-state index contributed by atoms with van der Waals surface area (Å²) in [5.41, 5.74) is 3.72. The van der Waals surface area contributed by atoms with E-state index in [0.29, 0.717) is 35.5 Å². The lowest BCUT2D eigenvalue weighted by atomic mass is 9.94. The molecule has 2 fully saturated rings. The van der Waals surface area contributed by atoms with Crippen molar-refractivity contribution in [3.05, 3.63) is 63.3 Å². The number of carbonyl (C=O) groups excluding carboxylic acids is 1. The Balaban J connectivity index is 1.59. The Kier molecular flexibility index (Phi) is 7.94. The van der Waals surface area contributed by atoms with E-state index in [1.165, 1.54) is 12.0 Å². The quantitative estimate of drug-likeness (QED) is 0.296. The number of carbonyl (C=O) groups is 1. The van der Waals surface area contributed by atoms with Gasteiger partial charge in [-0.3, -0.25) is 9.69 Å². The van der Waals surface area contributed by atoms with Crippen LogP contribution in [-0.4, -0.2) is 40.5 Å². The number of amides is 1. The van der Waals surface area contributed by atoms with E-state index in [-0.39, 0.29) is 11.9 Å². The zero-order valence-corrected chi connectivity index (χ0v) is 22.4. The van der Waals surface area contributed by atoms with Crippen LogP contribution in [0.2, 0.25) is 0 Å². The molecule has 2 aliphatic rings. The maximum atomic E-state index is 13.4. The predicted molar refractivity (Wildman–Crippen MR) is 143 cm³/mol. The van der Waals surface area contributed by atoms with Gasteiger partial charge in [0.2, 0.25) is 0 Å². The van der Waals surface area contributed by atoms with Crippen LogP contribution < -0.4 is 9.47 Å². The van der Waals surface area contributed by atoms with Crippen molar-refractivity contribution in [3.8, 4) is 11.5 Å². The summed E-state index contributed by atoms with van der Waals surface area (Å²) in [6.45, 7) is 4.96. The van der Waals surface area contributed by atoms with E-state index in [1.807, 2.05) is 42.0 Å². The highest BCUT2D eigenvalue weighted by Crippen LogP contribution is 2.37. The molecule has 0 N–H and O–H groups in total. The lowest BCUT2D eigenvalue weighted by molar-refractivity contribution is -0.124. The molecular formula is C27H31BrN2O3S. The molecule has 1 aliphatic heterocycles. The fourth-order valence-electron chi connectivity index (χ4n) is 4.47. The first-order valence-corrected chi connectivity index (χ1v) is 13.1. The lowest BCUT2D eigenvalue weighted by Gasteiger charge is -2.30. The summed E-state index contributed by atoms with van der Waals surface area (Å²) in [5, 5.41) is 0.586. The van der Waals surface area contributed by atoms with Gasteiger partial charge >= 0.3 is 0 Å². The summed E-state index contributed by atoms with van der Waals surface area (Å²) >= 11 is 9.32. The molecule has 34 heavy (non-hydrogen) atoms. The molecule has 180 valence electrons. The van der Waals surface area contributed by atoms with Gasteiger partial charge in [0.1, 0.15) is 12.3 Å². The summed E-state index contributed by atoms with van der Waals surface area (Å²) in [4.78, 5) is 17.0. The number of benzene rings is 2. The second kappa shape index (κ2) is 10.9. The smallest absolute Gasteiger partial charge is 0.277 e. The van der Waals surface area contributed by atoms with Gasteiger partial charge < -0.3 is 14.4 Å². The molecule has 0 bridgehead atoms. The number of thiocarbonyl (C=S) groups is 1. The summed E-state index contributed by atoms with van der Waals surface area (Å²) in [6.07, 6.45) is 7.43. The third-order valence-electron chi connectivity index (χ3n) is 6.40. The Bertz CT molecular complexity index is 1090. The van der Waals surface area contributed by atoms with Crippen molar-refractivity contribution in [2.24, 2.45) is 0 Å². The molecule has 2 aromatic carbocycles. The monoisotopic (exact) mass is 542 g/mol. The first-order chi connectivity index (χ1) is 16.4. The van der Waals surface area contributed by atoms with Gasteiger partial charge in [0.05, 0.1) is 6.61 Å². The van der Waals surface area contributed by atoms with Crippen LogP contribution >= 0.6 is 28.1 Å². The number of rotatable bonds is 7. The van der Waals surface area contributed by atoms with Crippen molar-refractivity contribution in [3.63, 3.8) is 0 Å². The van der Waals surface area contributed by atoms with Crippen molar-refractivity contribution in [1.29, 1.82) is 0 Å². The number of aryl methyl sites for hydroxylation is 1. The molecule has 0 unspecified atom stereocenters. The lowest BCUT2D eigenvalue weighted by Crippen LogP contribution is -2.41. The molecule has 0 radical (unpaired) electrons. The van der Waals surface area contributed by atoms with Crippen molar-refractivity contribution in [2.45, 2.75) is 58.6 Å². The van der Waals surface area contributed by atoms with Gasteiger partial charge in [0.15, 0.2) is 16.6 Å². The minimum Gasteiger partial charge on any atom is -0.490 e. The van der Waals surface area contributed by atoms with Crippen LogP contribution in [0.4, 0.5) is 0 Å². The second-order valence-corrected chi connectivity index (χ2v) is 10.1. The van der Waals surface area contributed by atoms with E-state index >= 15 is 0 Å². The van der Waals surface area contributed by atoms with Crippen LogP contribution in [0, 0.1) is 6.92 Å². The molecule has 1 amide bonds. The zero-order valence-electron chi connectivity index (χ0n) is 20.0. The van der Waals surface area contributed by atoms with E-state index < -0.39 is 0 Å². The van der Waals surface area contributed by atoms with Gasteiger partial charge in [-0.1, -0.05) is 65.0 Å². The van der Waals surface area contributed by atoms with Crippen molar-refractivity contribution in [2.75, 3.05) is 13.7 Å². The molecule has 0 atom stereocenters. The molecule has 0 spiro atoms. The summed E-state index contributed by atoms with van der Waals surface area (Å²) < 4.78 is 12.8. The third-order valence-corrected chi connectivity index (χ3v) is 7.56. The van der Waals surface area contributed by atoms with Crippen LogP contribution in [0.1, 0.15) is 55.7 Å². The average molecular weight is 544 g/mol. The minimum atomic E-state index is -0.0241. The van der Waals surface area contributed by atoms with Crippen molar-refractivity contribution < 1.29 is 14.3 Å². The number of hydrogen-bond acceptors (Lipinski definition) is 4. The maximum Gasteiger partial charge on any atom is 0.277 e. The SMILES string of the molecule is CCOc1cc(/C=C2/C(=O)N(C3CCCCC3)C(=S)N2C)c(Br)cc1OCc1ccc(C)cc1. The number of nitrogens with zero attached hydrogens (tertiary/aromatic N) is 2. The third kappa shape index (κ3) is 5.31. The van der Waals surface area contributed by atoms with Crippen LogP contribution in [-0.2, 0) is 11.4 Å². The Morgan fingerprint density at radius 2 is 1.76 bits per heavy atom. The molecule has 1 saturated carbocycles. The molecule has 1 heterocycles. The maximum absolute atomic E-state index is 13.4. The van der Waals surface area contributed by atoms with E-state index in [4.69, 9.17) is 21.7 Å². The molecule has 7 heteroatoms. The van der Waals surface area contributed by atoms with E-state index in [1.54, 1.807) is 0 Å². The standard InChI is InChI=1S/C27H31BrN2O3S/c1-4-32-24-15-20(22(28)16-25(24)33-17-19-12-10-18(2)11-13-19)14-23-26(31)30(27(34)29(23)3)21-8-6-5-7-9-21/h10-16,21H,4-9,17H2,1-3H3/b23-14-. The highest BCUT2D eigenvalue weighted by Gasteiger charge is 2.40. The molecule has 1 aliphatic carbocycles. The Hall–Kier alpha value is -2.38. The van der Waals surface area contributed by atoms with E-state index in [9.17, 15) is 4.79 Å². The fourth-order valence-corrected chi connectivity index (χ4v) is 5.24. The van der Waals surface area contributed by atoms with Crippen LogP contribution in [0.3, 0.4) is 0 Å². The van der Waals surface area contributed by atoms with E-state index in [0.717, 1.165) is 41.3 Å². The predicted octanol–water partition coefficient (Wildman–Crippen LogP) is 6.47. The Labute approximate surface area is 215 Å². The van der Waals surface area contributed by atoms with Crippen LogP contribution in [0.15, 0.2) is 46.6 Å². The second-order valence-electron chi connectivity index (χ2n) is 8.87. The normalized spacial score (nSPS) is 18.2. The first-order valence-electron chi connectivity index (χ1n) is 11.9. The van der Waals surface area contributed by atoms with Gasteiger partial charge in [0.25, 0.3) is 5.91 Å². The summed E-state index contributed by atoms with van der Waals surface area (Å²) in [5.74, 6) is 1.27. The highest BCUT2D eigenvalue weighted by molar-refractivity contribution is 9.10. The number of halogens is 1. The van der Waals surface area contributed by atoms with Gasteiger partial charge in [0, 0.05) is 17.6 Å². The number of likely N-dealkylation sites (N-methyl/N-ethyl adjacent to an activating group) is 1. The summed E-state index contributed by atoms with van der Waals surface area (Å²) in [7, 11) is 1.87. The number of hydrogen-bond donors (Lipinski definition) is 0. The van der Waals surface area contributed by atoms with Gasteiger partial charge in [-0.05, 0) is 68.2 Å². The molecule has 0 aromatic heterocycles. The molecule has 1 saturated heterocycles. The molecule has 5 nitrogen and oxygen atoms in total. The zero-order chi connectivity index (χ0) is 24.2. The number of ether oxygens (including phenoxy) is 2. The van der Waals surface area contributed by atoms with Crippen molar-refractivity contribution >= 4 is 45.2 Å². The first kappa shape index (κ1) is 24.7. The van der Waals surface area contributed by atoms with Crippen LogP contribution in [0.5, 0.6) is 11.5 Å². The van der Waals surface area contributed by atoms with Gasteiger partial charge in [-0.25, -0.2) is 0 Å². The Morgan fingerprint density at radius 3 is 2.44 bits per heavy atom. The summed E-state index contributed by atoms with van der Waals surface area (Å²) in [6, 6.07) is 12.3. The average Bonchev–Trinajstić information content (AvgIpc) is 3.04. The highest BCUT2D eigenvalue weighted by atomic mass is 79.9. The minimum absolute atomic E-state index is 0.0241. The molecule has 2 aromatic rings. The van der Waals surface area contributed by atoms with Crippen molar-refractivity contribution in [1.82, 2.24) is 9.80 Å². The van der Waals surface area contributed by atoms with Gasteiger partial charge in [-0.2, -0.15) is 0 Å². The van der Waals surface area contributed by atoms with Gasteiger partial charge in [-0.15, -0.1) is 0 Å². The largest absolute Gasteiger partial charge is 0.490 e. The molecule has 4 rings (SSSR count).